The van der Waals surface area contributed by atoms with Crippen LogP contribution in [0.25, 0.3) is 22.3 Å². The molecule has 0 spiro atoms. The number of carbonyl (C=O) groups excluding carboxylic acids is 1. The third kappa shape index (κ3) is 5.83. The van der Waals surface area contributed by atoms with Gasteiger partial charge in [0.1, 0.15) is 11.6 Å². The number of likely N-dealkylation sites (tertiary alicyclic amines) is 1. The van der Waals surface area contributed by atoms with Crippen molar-refractivity contribution < 1.29 is 9.53 Å². The number of para-hydroxylation sites is 1. The number of benzene rings is 2. The van der Waals surface area contributed by atoms with Crippen LogP contribution >= 0.6 is 0 Å². The number of hydrogen-bond acceptors (Lipinski definition) is 8. The van der Waals surface area contributed by atoms with E-state index in [2.05, 4.69) is 22.6 Å². The van der Waals surface area contributed by atoms with Gasteiger partial charge < -0.3 is 31.1 Å². The minimum Gasteiger partial charge on any atom is -0.484 e. The molecule has 2 aliphatic rings. The van der Waals surface area contributed by atoms with Gasteiger partial charge in [0.05, 0.1) is 5.52 Å². The van der Waals surface area contributed by atoms with Crippen LogP contribution in [0.5, 0.6) is 5.75 Å². The molecule has 2 heterocycles. The number of nitrogens with one attached hydrogen (secondary N) is 4. The van der Waals surface area contributed by atoms with Crippen molar-refractivity contribution in [3.63, 3.8) is 0 Å². The van der Waals surface area contributed by atoms with Crippen molar-refractivity contribution in [1.82, 2.24) is 20.2 Å². The smallest absolute Gasteiger partial charge is 0.258 e. The number of hydrogen-bond donors (Lipinski definition) is 4. The molecule has 37 heavy (non-hydrogen) atoms. The molecule has 1 amide bonds. The van der Waals surface area contributed by atoms with E-state index in [1.54, 1.807) is 6.08 Å². The van der Waals surface area contributed by atoms with E-state index in [0.29, 0.717) is 29.5 Å². The number of fused-ring (bicyclic) bond motifs is 1. The normalized spacial score (nSPS) is 21.6. The summed E-state index contributed by atoms with van der Waals surface area (Å²) >= 11 is 0. The van der Waals surface area contributed by atoms with Gasteiger partial charge in [-0.15, -0.1) is 0 Å². The number of rotatable bonds is 8. The molecule has 0 saturated carbocycles. The van der Waals surface area contributed by atoms with Gasteiger partial charge in [-0.3, -0.25) is 4.79 Å². The van der Waals surface area contributed by atoms with Crippen LogP contribution in [-0.4, -0.2) is 71.5 Å². The number of likely N-dealkylation sites (N-methyl/N-ethyl adjacent to an activating group) is 1. The lowest BCUT2D eigenvalue weighted by Crippen LogP contribution is -2.39. The van der Waals surface area contributed by atoms with E-state index in [-0.39, 0.29) is 30.5 Å². The molecule has 9 nitrogen and oxygen atoms in total. The zero-order chi connectivity index (χ0) is 25.8. The number of amides is 1. The molecule has 1 aliphatic heterocycles. The average molecular weight is 498 g/mol. The Labute approximate surface area is 216 Å². The molecule has 9 heteroatoms. The first-order valence-electron chi connectivity index (χ1n) is 12.5. The number of aromatic nitrogens is 2. The summed E-state index contributed by atoms with van der Waals surface area (Å²) in [5.41, 5.74) is 2.03. The number of carbonyl (C=O) groups is 1. The Bertz CT molecular complexity index is 1360. The minimum absolute atomic E-state index is 0.0493. The molecule has 3 aromatic rings. The fourth-order valence-electron chi connectivity index (χ4n) is 4.77. The molecule has 3 atom stereocenters. The molecule has 3 unspecified atom stereocenters. The molecule has 190 valence electrons. The van der Waals surface area contributed by atoms with Gasteiger partial charge in [-0.25, -0.2) is 9.97 Å². The van der Waals surface area contributed by atoms with Crippen LogP contribution in [0.2, 0.25) is 0 Å². The predicted octanol–water partition coefficient (Wildman–Crippen LogP) is 3.52. The zero-order valence-corrected chi connectivity index (χ0v) is 20.8. The molecule has 5 rings (SSSR count). The topological polar surface area (TPSA) is 127 Å². The highest BCUT2D eigenvalue weighted by molar-refractivity contribution is 6.04. The Morgan fingerprint density at radius 1 is 1.22 bits per heavy atom. The third-order valence-electron chi connectivity index (χ3n) is 6.76. The molecule has 1 saturated heterocycles. The van der Waals surface area contributed by atoms with Crippen molar-refractivity contribution >= 4 is 34.6 Å². The van der Waals surface area contributed by atoms with Gasteiger partial charge >= 0.3 is 0 Å². The van der Waals surface area contributed by atoms with Gasteiger partial charge in [-0.1, -0.05) is 30.3 Å². The first-order chi connectivity index (χ1) is 18.0. The number of anilines is 1. The maximum absolute atomic E-state index is 12.4. The van der Waals surface area contributed by atoms with Crippen molar-refractivity contribution in [2.24, 2.45) is 5.92 Å². The average Bonchev–Trinajstić information content (AvgIpc) is 3.32. The number of ether oxygens (including phenoxy) is 1. The minimum atomic E-state index is -0.212. The molecule has 0 bridgehead atoms. The van der Waals surface area contributed by atoms with E-state index in [4.69, 9.17) is 25.5 Å². The van der Waals surface area contributed by atoms with Crippen LogP contribution in [-0.2, 0) is 4.79 Å². The van der Waals surface area contributed by atoms with Crippen LogP contribution in [0.3, 0.4) is 0 Å². The molecular weight excluding hydrogens is 466 g/mol. The predicted molar refractivity (Wildman–Crippen MR) is 146 cm³/mol. The summed E-state index contributed by atoms with van der Waals surface area (Å²) in [6, 6.07) is 15.4. The lowest BCUT2D eigenvalue weighted by atomic mass is 9.90. The highest BCUT2D eigenvalue weighted by atomic mass is 16.5. The summed E-state index contributed by atoms with van der Waals surface area (Å²) in [6.45, 7) is 1.80. The number of nitrogens with zero attached hydrogens (tertiary/aromatic N) is 3. The highest BCUT2D eigenvalue weighted by Crippen LogP contribution is 2.28. The van der Waals surface area contributed by atoms with Gasteiger partial charge in [0.25, 0.3) is 5.91 Å². The second-order valence-electron chi connectivity index (χ2n) is 9.62. The number of allylic oxidation sites excluding steroid dienone is 1. The van der Waals surface area contributed by atoms with E-state index in [1.165, 1.54) is 6.21 Å². The molecule has 0 radical (unpaired) electrons. The van der Waals surface area contributed by atoms with Crippen LogP contribution < -0.4 is 15.4 Å². The van der Waals surface area contributed by atoms with E-state index < -0.39 is 0 Å². The monoisotopic (exact) mass is 497 g/mol. The van der Waals surface area contributed by atoms with E-state index in [0.717, 1.165) is 36.0 Å². The Kier molecular flexibility index (Phi) is 7.23. The van der Waals surface area contributed by atoms with Crippen LogP contribution in [0.15, 0.2) is 60.7 Å². The Hall–Kier alpha value is -4.11. The fraction of sp³-hybridized carbons (Fsp3) is 0.321. The maximum atomic E-state index is 12.4. The molecule has 1 aromatic heterocycles. The second-order valence-corrected chi connectivity index (χ2v) is 9.62. The SMILES string of the molecule is CN1CCC(NC(=O)COc2cccc(-c3nc(NC4C=CC(=N)C(C=N)C4)c4ccccc4n3)c2)C1. The maximum Gasteiger partial charge on any atom is 0.258 e. The third-order valence-corrected chi connectivity index (χ3v) is 6.76. The Morgan fingerprint density at radius 2 is 2.08 bits per heavy atom. The van der Waals surface area contributed by atoms with Crippen molar-refractivity contribution in [2.75, 3.05) is 32.1 Å². The Balaban J connectivity index is 1.34. The van der Waals surface area contributed by atoms with E-state index >= 15 is 0 Å². The Morgan fingerprint density at radius 3 is 2.89 bits per heavy atom. The molecular formula is C28H31N7O2. The van der Waals surface area contributed by atoms with Gasteiger partial charge in [-0.05, 0) is 56.8 Å². The lowest BCUT2D eigenvalue weighted by molar-refractivity contribution is -0.123. The molecule has 1 fully saturated rings. The van der Waals surface area contributed by atoms with Crippen LogP contribution in [0.1, 0.15) is 12.8 Å². The first-order valence-corrected chi connectivity index (χ1v) is 12.5. The van der Waals surface area contributed by atoms with Crippen LogP contribution in [0, 0.1) is 16.7 Å². The van der Waals surface area contributed by atoms with Crippen molar-refractivity contribution in [1.29, 1.82) is 10.8 Å². The van der Waals surface area contributed by atoms with Gasteiger partial charge in [0, 0.05) is 47.4 Å². The molecule has 2 aromatic carbocycles. The summed E-state index contributed by atoms with van der Waals surface area (Å²) in [4.78, 5) is 24.2. The van der Waals surface area contributed by atoms with E-state index in [1.807, 2.05) is 54.6 Å². The fourth-order valence-corrected chi connectivity index (χ4v) is 4.77. The quantitative estimate of drug-likeness (QED) is 0.353. The second kappa shape index (κ2) is 10.9. The largest absolute Gasteiger partial charge is 0.484 e. The van der Waals surface area contributed by atoms with Gasteiger partial charge in [0.15, 0.2) is 12.4 Å². The van der Waals surface area contributed by atoms with E-state index in [9.17, 15) is 4.79 Å². The van der Waals surface area contributed by atoms with Crippen molar-refractivity contribution in [3.8, 4) is 17.1 Å². The van der Waals surface area contributed by atoms with Gasteiger partial charge in [0.2, 0.25) is 0 Å². The molecule has 4 N–H and O–H groups in total. The standard InChI is InChI=1S/C28H31N7O2/c1-35-12-11-21(16-35)31-26(36)17-37-22-6-4-5-18(14-22)27-33-25-8-3-2-7-23(25)28(34-27)32-20-9-10-24(30)19(13-20)15-29/h2-10,14-15,19-21,29-30H,11-13,16-17H2,1H3,(H,31,36)(H,32,33,34). The highest BCUT2D eigenvalue weighted by Gasteiger charge is 2.22. The van der Waals surface area contributed by atoms with Crippen LogP contribution in [0.4, 0.5) is 5.82 Å². The summed E-state index contributed by atoms with van der Waals surface area (Å²) in [5.74, 6) is 1.47. The first kappa shape index (κ1) is 24.6. The zero-order valence-electron chi connectivity index (χ0n) is 20.8. The van der Waals surface area contributed by atoms with Crippen molar-refractivity contribution in [2.45, 2.75) is 24.9 Å². The van der Waals surface area contributed by atoms with Crippen molar-refractivity contribution in [3.05, 3.63) is 60.7 Å². The molecule has 1 aliphatic carbocycles. The summed E-state index contributed by atoms with van der Waals surface area (Å²) in [5, 5.41) is 23.0. The summed E-state index contributed by atoms with van der Waals surface area (Å²) in [6.07, 6.45) is 6.59. The summed E-state index contributed by atoms with van der Waals surface area (Å²) < 4.78 is 5.79. The summed E-state index contributed by atoms with van der Waals surface area (Å²) in [7, 11) is 2.05. The van der Waals surface area contributed by atoms with Gasteiger partial charge in [-0.2, -0.15) is 0 Å². The lowest BCUT2D eigenvalue weighted by Gasteiger charge is -2.24.